The summed E-state index contributed by atoms with van der Waals surface area (Å²) in [5, 5.41) is 0. The zero-order valence-electron chi connectivity index (χ0n) is 12.1. The van der Waals surface area contributed by atoms with E-state index in [2.05, 4.69) is 6.92 Å². The molecule has 0 N–H and O–H groups in total. The number of nitrogens with zero attached hydrogens (tertiary/aromatic N) is 1. The Morgan fingerprint density at radius 2 is 2.19 bits per heavy atom. The number of halogens is 1. The summed E-state index contributed by atoms with van der Waals surface area (Å²) in [6, 6.07) is 5.70. The monoisotopic (exact) mass is 293 g/mol. The van der Waals surface area contributed by atoms with Crippen LogP contribution in [-0.2, 0) is 9.53 Å². The SMILES string of the molecule is C[C@H]1C[C@H]2CN(C(=O)COc3ccc(F)cc3)CC[C@@H]2O1. The van der Waals surface area contributed by atoms with Crippen molar-refractivity contribution in [1.29, 1.82) is 0 Å². The highest BCUT2D eigenvalue weighted by atomic mass is 19.1. The lowest BCUT2D eigenvalue weighted by Crippen LogP contribution is -2.46. The number of carbonyl (C=O) groups excluding carboxylic acids is 1. The first-order chi connectivity index (χ1) is 10.1. The molecule has 2 fully saturated rings. The molecule has 114 valence electrons. The van der Waals surface area contributed by atoms with Crippen molar-refractivity contribution >= 4 is 5.91 Å². The predicted octanol–water partition coefficient (Wildman–Crippen LogP) is 2.23. The molecule has 0 unspecified atom stereocenters. The molecule has 2 heterocycles. The second-order valence-electron chi connectivity index (χ2n) is 5.85. The first-order valence-corrected chi connectivity index (χ1v) is 7.43. The van der Waals surface area contributed by atoms with Gasteiger partial charge in [-0.2, -0.15) is 0 Å². The second-order valence-corrected chi connectivity index (χ2v) is 5.85. The summed E-state index contributed by atoms with van der Waals surface area (Å²) in [7, 11) is 0. The number of hydrogen-bond acceptors (Lipinski definition) is 3. The van der Waals surface area contributed by atoms with E-state index < -0.39 is 0 Å². The Morgan fingerprint density at radius 3 is 2.95 bits per heavy atom. The Labute approximate surface area is 123 Å². The van der Waals surface area contributed by atoms with Gasteiger partial charge in [0.1, 0.15) is 11.6 Å². The van der Waals surface area contributed by atoms with Gasteiger partial charge in [0.15, 0.2) is 6.61 Å². The largest absolute Gasteiger partial charge is 0.484 e. The van der Waals surface area contributed by atoms with Crippen LogP contribution < -0.4 is 4.74 Å². The zero-order chi connectivity index (χ0) is 14.8. The van der Waals surface area contributed by atoms with E-state index in [0.29, 0.717) is 23.9 Å². The molecule has 21 heavy (non-hydrogen) atoms. The molecule has 2 saturated heterocycles. The fourth-order valence-electron chi connectivity index (χ4n) is 3.19. The molecule has 5 heteroatoms. The van der Waals surface area contributed by atoms with Gasteiger partial charge in [-0.25, -0.2) is 4.39 Å². The maximum Gasteiger partial charge on any atom is 0.260 e. The van der Waals surface area contributed by atoms with E-state index in [1.54, 1.807) is 0 Å². The summed E-state index contributed by atoms with van der Waals surface area (Å²) in [6.07, 6.45) is 2.53. The molecule has 3 rings (SSSR count). The minimum absolute atomic E-state index is 0.000566. The van der Waals surface area contributed by atoms with Gasteiger partial charge < -0.3 is 14.4 Å². The summed E-state index contributed by atoms with van der Waals surface area (Å²) < 4.78 is 24.0. The molecule has 0 aliphatic carbocycles. The average molecular weight is 293 g/mol. The van der Waals surface area contributed by atoms with Crippen molar-refractivity contribution in [1.82, 2.24) is 4.90 Å². The van der Waals surface area contributed by atoms with Gasteiger partial charge in [-0.3, -0.25) is 4.79 Å². The van der Waals surface area contributed by atoms with E-state index in [4.69, 9.17) is 9.47 Å². The summed E-state index contributed by atoms with van der Waals surface area (Å²) in [5.41, 5.74) is 0. The number of ether oxygens (including phenoxy) is 2. The Morgan fingerprint density at radius 1 is 1.43 bits per heavy atom. The normalized spacial score (nSPS) is 28.3. The lowest BCUT2D eigenvalue weighted by atomic mass is 9.93. The minimum Gasteiger partial charge on any atom is -0.484 e. The highest BCUT2D eigenvalue weighted by Crippen LogP contribution is 2.32. The van der Waals surface area contributed by atoms with Crippen LogP contribution in [0.2, 0.25) is 0 Å². The second kappa shape index (κ2) is 6.02. The number of benzene rings is 1. The number of carbonyl (C=O) groups is 1. The number of hydrogen-bond donors (Lipinski definition) is 0. The Bertz CT molecular complexity index is 505. The molecular formula is C16H20FNO3. The maximum absolute atomic E-state index is 12.8. The molecule has 0 radical (unpaired) electrons. The quantitative estimate of drug-likeness (QED) is 0.858. The summed E-state index contributed by atoms with van der Waals surface area (Å²) >= 11 is 0. The van der Waals surface area contributed by atoms with Crippen LogP contribution >= 0.6 is 0 Å². The van der Waals surface area contributed by atoms with Crippen LogP contribution in [0.1, 0.15) is 19.8 Å². The molecule has 1 aromatic rings. The summed E-state index contributed by atoms with van der Waals surface area (Å²) in [5.74, 6) is 0.629. The van der Waals surface area contributed by atoms with Gasteiger partial charge in [0.2, 0.25) is 0 Å². The Hall–Kier alpha value is -1.62. The smallest absolute Gasteiger partial charge is 0.260 e. The van der Waals surface area contributed by atoms with E-state index in [1.165, 1.54) is 24.3 Å². The van der Waals surface area contributed by atoms with Gasteiger partial charge in [-0.15, -0.1) is 0 Å². The van der Waals surface area contributed by atoms with Crippen molar-refractivity contribution in [3.8, 4) is 5.75 Å². The molecular weight excluding hydrogens is 273 g/mol. The first-order valence-electron chi connectivity index (χ1n) is 7.43. The van der Waals surface area contributed by atoms with E-state index in [0.717, 1.165) is 25.9 Å². The minimum atomic E-state index is -0.314. The number of rotatable bonds is 3. The molecule has 2 aliphatic rings. The zero-order valence-corrected chi connectivity index (χ0v) is 12.1. The third kappa shape index (κ3) is 3.35. The maximum atomic E-state index is 12.8. The van der Waals surface area contributed by atoms with Gasteiger partial charge in [0, 0.05) is 19.0 Å². The Kier molecular flexibility index (Phi) is 4.10. The Balaban J connectivity index is 1.50. The first kappa shape index (κ1) is 14.3. The molecule has 0 aromatic heterocycles. The number of likely N-dealkylation sites (tertiary alicyclic amines) is 1. The summed E-state index contributed by atoms with van der Waals surface area (Å²) in [6.45, 7) is 3.56. The highest BCUT2D eigenvalue weighted by Gasteiger charge is 2.38. The van der Waals surface area contributed by atoms with Gasteiger partial charge in [0.05, 0.1) is 12.2 Å². The van der Waals surface area contributed by atoms with E-state index in [9.17, 15) is 9.18 Å². The van der Waals surface area contributed by atoms with Crippen molar-refractivity contribution in [3.63, 3.8) is 0 Å². The van der Waals surface area contributed by atoms with E-state index in [1.807, 2.05) is 4.90 Å². The van der Waals surface area contributed by atoms with Crippen LogP contribution in [0.4, 0.5) is 4.39 Å². The molecule has 0 saturated carbocycles. The number of fused-ring (bicyclic) bond motifs is 1. The van der Waals surface area contributed by atoms with Crippen molar-refractivity contribution in [2.45, 2.75) is 32.0 Å². The average Bonchev–Trinajstić information content (AvgIpc) is 2.85. The third-order valence-electron chi connectivity index (χ3n) is 4.23. The van der Waals surface area contributed by atoms with Gasteiger partial charge in [0.25, 0.3) is 5.91 Å². The molecule has 0 spiro atoms. The molecule has 3 atom stereocenters. The standard InChI is InChI=1S/C16H20FNO3/c1-11-8-12-9-18(7-6-15(12)21-11)16(19)10-20-14-4-2-13(17)3-5-14/h2-5,11-12,15H,6-10H2,1H3/t11-,12-,15-/m0/s1. The van der Waals surface area contributed by atoms with Crippen molar-refractivity contribution < 1.29 is 18.7 Å². The van der Waals surface area contributed by atoms with Crippen LogP contribution in [0.3, 0.4) is 0 Å². The number of piperidine rings is 1. The molecule has 4 nitrogen and oxygen atoms in total. The molecule has 1 aromatic carbocycles. The highest BCUT2D eigenvalue weighted by molar-refractivity contribution is 5.77. The van der Waals surface area contributed by atoms with Crippen LogP contribution in [0, 0.1) is 11.7 Å². The van der Waals surface area contributed by atoms with Crippen LogP contribution in [0.5, 0.6) is 5.75 Å². The lowest BCUT2D eigenvalue weighted by molar-refractivity contribution is -0.136. The molecule has 0 bridgehead atoms. The van der Waals surface area contributed by atoms with Crippen molar-refractivity contribution in [2.75, 3.05) is 19.7 Å². The molecule has 2 aliphatic heterocycles. The van der Waals surface area contributed by atoms with Crippen molar-refractivity contribution in [2.24, 2.45) is 5.92 Å². The predicted molar refractivity (Wildman–Crippen MR) is 75.5 cm³/mol. The van der Waals surface area contributed by atoms with Crippen LogP contribution in [0.15, 0.2) is 24.3 Å². The fraction of sp³-hybridized carbons (Fsp3) is 0.562. The van der Waals surface area contributed by atoms with Crippen LogP contribution in [0.25, 0.3) is 0 Å². The van der Waals surface area contributed by atoms with Gasteiger partial charge in [-0.05, 0) is 44.0 Å². The summed E-state index contributed by atoms with van der Waals surface area (Å²) in [4.78, 5) is 14.0. The lowest BCUT2D eigenvalue weighted by Gasteiger charge is -2.34. The van der Waals surface area contributed by atoms with Gasteiger partial charge in [-0.1, -0.05) is 0 Å². The third-order valence-corrected chi connectivity index (χ3v) is 4.23. The topological polar surface area (TPSA) is 38.8 Å². The molecule has 1 amide bonds. The van der Waals surface area contributed by atoms with Crippen molar-refractivity contribution in [3.05, 3.63) is 30.1 Å². The fourth-order valence-corrected chi connectivity index (χ4v) is 3.19. The number of amides is 1. The van der Waals surface area contributed by atoms with Crippen LogP contribution in [-0.4, -0.2) is 42.7 Å². The van der Waals surface area contributed by atoms with E-state index in [-0.39, 0.29) is 18.3 Å². The van der Waals surface area contributed by atoms with E-state index >= 15 is 0 Å². The van der Waals surface area contributed by atoms with Gasteiger partial charge >= 0.3 is 0 Å².